The maximum atomic E-state index is 13.7. The molecule has 2 N–H and O–H groups in total. The molecular formula is C20H21FN2O5S. The van der Waals surface area contributed by atoms with Gasteiger partial charge in [0.05, 0.1) is 12.9 Å². The minimum atomic E-state index is -3.33. The lowest BCUT2D eigenvalue weighted by molar-refractivity contribution is -0.116. The third-order valence-electron chi connectivity index (χ3n) is 4.09. The number of carbonyl (C=O) groups excluding carboxylic acids is 1. The molecule has 29 heavy (non-hydrogen) atoms. The van der Waals surface area contributed by atoms with Gasteiger partial charge in [0.2, 0.25) is 15.9 Å². The van der Waals surface area contributed by atoms with Crippen LogP contribution >= 0.6 is 0 Å². The van der Waals surface area contributed by atoms with Crippen molar-refractivity contribution in [1.29, 1.82) is 0 Å². The van der Waals surface area contributed by atoms with Gasteiger partial charge in [0.25, 0.3) is 0 Å². The van der Waals surface area contributed by atoms with Gasteiger partial charge >= 0.3 is 0 Å². The summed E-state index contributed by atoms with van der Waals surface area (Å²) in [5.41, 5.74) is 2.53. The van der Waals surface area contributed by atoms with Crippen molar-refractivity contribution < 1.29 is 27.1 Å². The highest BCUT2D eigenvalue weighted by atomic mass is 32.2. The third-order valence-corrected chi connectivity index (χ3v) is 4.69. The molecule has 0 atom stereocenters. The minimum Gasteiger partial charge on any atom is -0.467 e. The molecule has 1 amide bonds. The fourth-order valence-corrected chi connectivity index (χ4v) is 3.43. The Morgan fingerprint density at radius 1 is 1.24 bits per heavy atom. The van der Waals surface area contributed by atoms with Crippen molar-refractivity contribution in [3.63, 3.8) is 0 Å². The lowest BCUT2D eigenvalue weighted by Gasteiger charge is -2.20. The summed E-state index contributed by atoms with van der Waals surface area (Å²) in [6, 6.07) is 9.38. The first-order valence-electron chi connectivity index (χ1n) is 8.86. The first kappa shape index (κ1) is 20.8. The number of ether oxygens (including phenoxy) is 2. The van der Waals surface area contributed by atoms with E-state index in [4.69, 9.17) is 9.47 Å². The molecular weight excluding hydrogens is 399 g/mol. The molecule has 154 valence electrons. The van der Waals surface area contributed by atoms with E-state index in [9.17, 15) is 17.6 Å². The minimum absolute atomic E-state index is 0.124. The molecule has 0 unspecified atom stereocenters. The number of sulfonamides is 1. The van der Waals surface area contributed by atoms with Crippen LogP contribution in [-0.4, -0.2) is 33.9 Å². The van der Waals surface area contributed by atoms with E-state index in [1.54, 1.807) is 30.3 Å². The van der Waals surface area contributed by atoms with Crippen LogP contribution in [0.2, 0.25) is 0 Å². The second kappa shape index (κ2) is 9.06. The van der Waals surface area contributed by atoms with Gasteiger partial charge in [-0.1, -0.05) is 12.1 Å². The predicted molar refractivity (Wildman–Crippen MR) is 107 cm³/mol. The fourth-order valence-electron chi connectivity index (χ4n) is 2.87. The zero-order chi connectivity index (χ0) is 20.9. The molecule has 1 heterocycles. The Hall–Kier alpha value is -2.91. The predicted octanol–water partition coefficient (Wildman–Crippen LogP) is 2.44. The Morgan fingerprint density at radius 3 is 2.72 bits per heavy atom. The van der Waals surface area contributed by atoms with E-state index in [-0.39, 0.29) is 18.5 Å². The zero-order valence-electron chi connectivity index (χ0n) is 15.8. The molecule has 0 spiro atoms. The highest BCUT2D eigenvalue weighted by Crippen LogP contribution is 2.29. The number of halogens is 1. The van der Waals surface area contributed by atoms with Crippen molar-refractivity contribution in [3.05, 3.63) is 65.0 Å². The number of benzene rings is 2. The number of hydrogen-bond acceptors (Lipinski definition) is 5. The number of rotatable bonds is 7. The summed E-state index contributed by atoms with van der Waals surface area (Å²) in [6.07, 6.45) is 4.49. The molecule has 0 aliphatic carbocycles. The quantitative estimate of drug-likeness (QED) is 0.671. The average Bonchev–Trinajstić information content (AvgIpc) is 2.66. The molecule has 3 rings (SSSR count). The van der Waals surface area contributed by atoms with Crippen molar-refractivity contribution in [2.75, 3.05) is 24.3 Å². The van der Waals surface area contributed by atoms with Crippen molar-refractivity contribution in [2.45, 2.75) is 13.0 Å². The summed E-state index contributed by atoms with van der Waals surface area (Å²) in [4.78, 5) is 12.0. The summed E-state index contributed by atoms with van der Waals surface area (Å²) < 4.78 is 49.1. The van der Waals surface area contributed by atoms with Crippen LogP contribution in [0.1, 0.15) is 16.7 Å². The van der Waals surface area contributed by atoms with Crippen molar-refractivity contribution in [1.82, 2.24) is 5.32 Å². The summed E-state index contributed by atoms with van der Waals surface area (Å²) in [7, 11) is -3.33. The molecule has 2 aromatic rings. The Bertz CT molecular complexity index is 1020. The van der Waals surface area contributed by atoms with E-state index in [1.807, 2.05) is 0 Å². The fraction of sp³-hybridized carbons (Fsp3) is 0.250. The largest absolute Gasteiger partial charge is 0.467 e. The molecule has 0 bridgehead atoms. The average molecular weight is 420 g/mol. The monoisotopic (exact) mass is 420 g/mol. The van der Waals surface area contributed by atoms with Gasteiger partial charge in [-0.25, -0.2) is 12.8 Å². The summed E-state index contributed by atoms with van der Waals surface area (Å²) in [6.45, 7) is 0.743. The maximum absolute atomic E-state index is 13.7. The van der Waals surface area contributed by atoms with Crippen LogP contribution in [0.25, 0.3) is 6.08 Å². The van der Waals surface area contributed by atoms with Gasteiger partial charge in [-0.15, -0.1) is 0 Å². The topological polar surface area (TPSA) is 93.7 Å². The van der Waals surface area contributed by atoms with Crippen LogP contribution in [0.15, 0.2) is 42.5 Å². The molecule has 7 nitrogen and oxygen atoms in total. The van der Waals surface area contributed by atoms with Crippen LogP contribution in [0, 0.1) is 5.82 Å². The van der Waals surface area contributed by atoms with Gasteiger partial charge in [-0.3, -0.25) is 9.52 Å². The van der Waals surface area contributed by atoms with Crippen LogP contribution in [-0.2, 0) is 32.6 Å². The van der Waals surface area contributed by atoms with Crippen molar-refractivity contribution >= 4 is 27.7 Å². The molecule has 1 aliphatic heterocycles. The second-order valence-electron chi connectivity index (χ2n) is 6.53. The van der Waals surface area contributed by atoms with E-state index in [2.05, 4.69) is 10.0 Å². The number of hydrogen-bond donors (Lipinski definition) is 2. The molecule has 0 saturated heterocycles. The first-order valence-corrected chi connectivity index (χ1v) is 10.7. The van der Waals surface area contributed by atoms with E-state index >= 15 is 0 Å². The molecule has 0 saturated carbocycles. The zero-order valence-corrected chi connectivity index (χ0v) is 16.6. The van der Waals surface area contributed by atoms with Gasteiger partial charge < -0.3 is 14.8 Å². The van der Waals surface area contributed by atoms with Crippen molar-refractivity contribution in [2.24, 2.45) is 0 Å². The van der Waals surface area contributed by atoms with Crippen LogP contribution in [0.4, 0.5) is 10.1 Å². The maximum Gasteiger partial charge on any atom is 0.244 e. The Balaban J connectivity index is 1.52. The number of fused-ring (bicyclic) bond motifs is 1. The SMILES string of the molecule is CS(=O)(=O)Nc1ccc(C=CC(=O)NCCc2cc(F)cc3c2OCOC3)cc1. The highest BCUT2D eigenvalue weighted by Gasteiger charge is 2.16. The van der Waals surface area contributed by atoms with E-state index in [1.165, 1.54) is 18.2 Å². The molecule has 0 fully saturated rings. The lowest BCUT2D eigenvalue weighted by Crippen LogP contribution is -2.24. The van der Waals surface area contributed by atoms with Gasteiger partial charge in [0.1, 0.15) is 11.6 Å². The van der Waals surface area contributed by atoms with Gasteiger partial charge in [-0.2, -0.15) is 0 Å². The Labute approximate surface area is 168 Å². The number of nitrogens with one attached hydrogen (secondary N) is 2. The smallest absolute Gasteiger partial charge is 0.244 e. The van der Waals surface area contributed by atoms with Crippen LogP contribution in [0.5, 0.6) is 5.75 Å². The second-order valence-corrected chi connectivity index (χ2v) is 8.28. The first-order chi connectivity index (χ1) is 13.8. The number of anilines is 1. The molecule has 9 heteroatoms. The summed E-state index contributed by atoms with van der Waals surface area (Å²) >= 11 is 0. The Kier molecular flexibility index (Phi) is 6.50. The standard InChI is InChI=1S/C20H21FN2O5S/c1-29(25,26)23-18-5-2-14(3-6-18)4-7-19(24)22-9-8-15-10-17(21)11-16-12-27-13-28-20(15)16/h2-7,10-11,23H,8-9,12-13H2,1H3,(H,22,24). The summed E-state index contributed by atoms with van der Waals surface area (Å²) in [5, 5.41) is 2.74. The van der Waals surface area contributed by atoms with Gasteiger partial charge in [-0.05, 0) is 47.9 Å². The normalized spacial score (nSPS) is 13.6. The van der Waals surface area contributed by atoms with E-state index in [0.717, 1.165) is 11.8 Å². The molecule has 1 aliphatic rings. The molecule has 2 aromatic carbocycles. The lowest BCUT2D eigenvalue weighted by atomic mass is 10.1. The third kappa shape index (κ3) is 6.30. The van der Waals surface area contributed by atoms with Gasteiger partial charge in [0.15, 0.2) is 6.79 Å². The highest BCUT2D eigenvalue weighted by molar-refractivity contribution is 7.92. The van der Waals surface area contributed by atoms with E-state index < -0.39 is 10.0 Å². The van der Waals surface area contributed by atoms with Crippen molar-refractivity contribution in [3.8, 4) is 5.75 Å². The van der Waals surface area contributed by atoms with Crippen LogP contribution in [0.3, 0.4) is 0 Å². The molecule has 0 radical (unpaired) electrons. The molecule has 0 aromatic heterocycles. The van der Waals surface area contributed by atoms with Gasteiger partial charge in [0, 0.05) is 23.9 Å². The van der Waals surface area contributed by atoms with Crippen LogP contribution < -0.4 is 14.8 Å². The summed E-state index contributed by atoms with van der Waals surface area (Å²) in [5.74, 6) is -0.0454. The number of carbonyl (C=O) groups is 1. The van der Waals surface area contributed by atoms with E-state index in [0.29, 0.717) is 42.1 Å². The number of amides is 1. The Morgan fingerprint density at radius 2 is 2.00 bits per heavy atom.